The van der Waals surface area contributed by atoms with E-state index in [0.717, 1.165) is 49.8 Å². The van der Waals surface area contributed by atoms with Gasteiger partial charge in [0.1, 0.15) is 12.1 Å². The number of aromatic nitrogens is 4. The highest BCUT2D eigenvalue weighted by molar-refractivity contribution is 5.59. The second-order valence-electron chi connectivity index (χ2n) is 6.54. The largest absolute Gasteiger partial charge is 0.381 e. The molecule has 0 N–H and O–H groups in total. The van der Waals surface area contributed by atoms with E-state index in [4.69, 9.17) is 4.74 Å². The average Bonchev–Trinajstić information content (AvgIpc) is 3.34. The first-order chi connectivity index (χ1) is 11.3. The van der Waals surface area contributed by atoms with Crippen LogP contribution in [0.2, 0.25) is 0 Å². The molecule has 122 valence electrons. The van der Waals surface area contributed by atoms with Crippen molar-refractivity contribution in [3.8, 4) is 11.4 Å². The van der Waals surface area contributed by atoms with E-state index < -0.39 is 0 Å². The maximum atomic E-state index is 5.49. The van der Waals surface area contributed by atoms with Gasteiger partial charge in [0.25, 0.3) is 0 Å². The molecule has 1 aliphatic carbocycles. The predicted octanol–water partition coefficient (Wildman–Crippen LogP) is 2.27. The molecule has 0 aromatic carbocycles. The quantitative estimate of drug-likeness (QED) is 0.847. The molecule has 0 radical (unpaired) electrons. The van der Waals surface area contributed by atoms with Crippen molar-refractivity contribution in [2.45, 2.75) is 31.7 Å². The highest BCUT2D eigenvalue weighted by Gasteiger charge is 2.32. The van der Waals surface area contributed by atoms with Gasteiger partial charge in [0.15, 0.2) is 0 Å². The van der Waals surface area contributed by atoms with Crippen LogP contribution in [0.5, 0.6) is 0 Å². The van der Waals surface area contributed by atoms with Crippen molar-refractivity contribution in [1.82, 2.24) is 19.7 Å². The van der Waals surface area contributed by atoms with Crippen molar-refractivity contribution >= 4 is 5.82 Å². The summed E-state index contributed by atoms with van der Waals surface area (Å²) in [4.78, 5) is 11.5. The first kappa shape index (κ1) is 14.6. The Morgan fingerprint density at radius 2 is 2.04 bits per heavy atom. The van der Waals surface area contributed by atoms with Crippen LogP contribution in [0.3, 0.4) is 0 Å². The van der Waals surface area contributed by atoms with E-state index >= 15 is 0 Å². The Hall–Kier alpha value is -1.95. The maximum Gasteiger partial charge on any atom is 0.132 e. The van der Waals surface area contributed by atoms with Crippen LogP contribution >= 0.6 is 0 Å². The highest BCUT2D eigenvalue weighted by atomic mass is 16.5. The second kappa shape index (κ2) is 6.28. The zero-order valence-corrected chi connectivity index (χ0v) is 13.6. The van der Waals surface area contributed by atoms with Crippen LogP contribution in [-0.4, -0.2) is 45.5 Å². The van der Waals surface area contributed by atoms with Gasteiger partial charge in [0.2, 0.25) is 0 Å². The summed E-state index contributed by atoms with van der Waals surface area (Å²) in [6.45, 7) is 2.87. The van der Waals surface area contributed by atoms with Crippen molar-refractivity contribution in [1.29, 1.82) is 0 Å². The molecule has 6 heteroatoms. The summed E-state index contributed by atoms with van der Waals surface area (Å²) in [7, 11) is 1.94. The Balaban J connectivity index is 1.58. The van der Waals surface area contributed by atoms with Crippen molar-refractivity contribution in [3.05, 3.63) is 24.7 Å². The Bertz CT molecular complexity index is 661. The topological polar surface area (TPSA) is 56.1 Å². The molecule has 3 heterocycles. The standard InChI is InChI=1S/C17H23N5O/c1-21-16(4-7-20-21)15-10-17(19-12-18-15)22(14-2-3-14)11-13-5-8-23-9-6-13/h4,7,10,12-14H,2-3,5-6,8-9,11H2,1H3. The van der Waals surface area contributed by atoms with Crippen LogP contribution in [0, 0.1) is 5.92 Å². The normalized spacial score (nSPS) is 19.0. The van der Waals surface area contributed by atoms with E-state index in [1.165, 1.54) is 12.8 Å². The number of nitrogens with zero attached hydrogens (tertiary/aromatic N) is 5. The van der Waals surface area contributed by atoms with Crippen LogP contribution < -0.4 is 4.90 Å². The summed E-state index contributed by atoms with van der Waals surface area (Å²) in [5.74, 6) is 1.75. The minimum atomic E-state index is 0.645. The molecule has 0 amide bonds. The second-order valence-corrected chi connectivity index (χ2v) is 6.54. The van der Waals surface area contributed by atoms with E-state index in [2.05, 4.69) is 26.0 Å². The molecule has 0 bridgehead atoms. The summed E-state index contributed by atoms with van der Waals surface area (Å²) in [5, 5.41) is 4.24. The SMILES string of the molecule is Cn1nccc1-c1cc(N(CC2CCOCC2)C2CC2)ncn1. The molecule has 0 atom stereocenters. The van der Waals surface area contributed by atoms with E-state index in [-0.39, 0.29) is 0 Å². The number of aryl methyl sites for hydroxylation is 1. The monoisotopic (exact) mass is 313 g/mol. The van der Waals surface area contributed by atoms with E-state index in [0.29, 0.717) is 12.0 Å². The average molecular weight is 313 g/mol. The number of rotatable bonds is 5. The minimum Gasteiger partial charge on any atom is -0.381 e. The van der Waals surface area contributed by atoms with Crippen LogP contribution in [-0.2, 0) is 11.8 Å². The van der Waals surface area contributed by atoms with Gasteiger partial charge in [-0.05, 0) is 37.7 Å². The summed E-state index contributed by atoms with van der Waals surface area (Å²) in [5.41, 5.74) is 1.96. The van der Waals surface area contributed by atoms with Gasteiger partial charge in [-0.2, -0.15) is 5.10 Å². The molecular formula is C17H23N5O. The number of ether oxygens (including phenoxy) is 1. The summed E-state index contributed by atoms with van der Waals surface area (Å²) < 4.78 is 7.34. The Kier molecular flexibility index (Phi) is 3.99. The zero-order chi connectivity index (χ0) is 15.6. The van der Waals surface area contributed by atoms with Crippen LogP contribution in [0.4, 0.5) is 5.82 Å². The van der Waals surface area contributed by atoms with Gasteiger partial charge in [-0.15, -0.1) is 0 Å². The molecule has 0 unspecified atom stereocenters. The van der Waals surface area contributed by atoms with E-state index in [1.807, 2.05) is 17.8 Å². The van der Waals surface area contributed by atoms with Gasteiger partial charge in [0, 0.05) is 45.1 Å². The van der Waals surface area contributed by atoms with Crippen molar-refractivity contribution in [2.75, 3.05) is 24.7 Å². The molecule has 1 saturated heterocycles. The Labute approximate surface area is 136 Å². The first-order valence-corrected chi connectivity index (χ1v) is 8.46. The molecular weight excluding hydrogens is 290 g/mol. The van der Waals surface area contributed by atoms with Gasteiger partial charge in [-0.3, -0.25) is 4.68 Å². The van der Waals surface area contributed by atoms with Gasteiger partial charge < -0.3 is 9.64 Å². The molecule has 1 aliphatic heterocycles. The molecule has 2 aliphatic rings. The molecule has 2 fully saturated rings. The van der Waals surface area contributed by atoms with E-state index in [1.54, 1.807) is 12.5 Å². The maximum absolute atomic E-state index is 5.49. The Morgan fingerprint density at radius 1 is 1.22 bits per heavy atom. The fraction of sp³-hybridized carbons (Fsp3) is 0.588. The fourth-order valence-electron chi connectivity index (χ4n) is 3.29. The van der Waals surface area contributed by atoms with Crippen molar-refractivity contribution < 1.29 is 4.74 Å². The van der Waals surface area contributed by atoms with E-state index in [9.17, 15) is 0 Å². The molecule has 6 nitrogen and oxygen atoms in total. The summed E-state index contributed by atoms with van der Waals surface area (Å²) >= 11 is 0. The third-order valence-electron chi connectivity index (χ3n) is 4.81. The van der Waals surface area contributed by atoms with Crippen LogP contribution in [0.15, 0.2) is 24.7 Å². The lowest BCUT2D eigenvalue weighted by Crippen LogP contribution is -2.34. The molecule has 4 rings (SSSR count). The highest BCUT2D eigenvalue weighted by Crippen LogP contribution is 2.33. The predicted molar refractivity (Wildman–Crippen MR) is 88.1 cm³/mol. The van der Waals surface area contributed by atoms with Gasteiger partial charge in [-0.1, -0.05) is 0 Å². The number of hydrogen-bond donors (Lipinski definition) is 0. The lowest BCUT2D eigenvalue weighted by molar-refractivity contribution is 0.0681. The van der Waals surface area contributed by atoms with Gasteiger partial charge >= 0.3 is 0 Å². The van der Waals surface area contributed by atoms with Gasteiger partial charge in [0.05, 0.1) is 11.4 Å². The van der Waals surface area contributed by atoms with Crippen LogP contribution in [0.25, 0.3) is 11.4 Å². The first-order valence-electron chi connectivity index (χ1n) is 8.46. The summed E-state index contributed by atoms with van der Waals surface area (Å²) in [6.07, 6.45) is 8.34. The molecule has 2 aromatic heterocycles. The third-order valence-corrected chi connectivity index (χ3v) is 4.81. The zero-order valence-electron chi connectivity index (χ0n) is 13.6. The lowest BCUT2D eigenvalue weighted by Gasteiger charge is -2.30. The molecule has 1 saturated carbocycles. The van der Waals surface area contributed by atoms with Crippen molar-refractivity contribution in [2.24, 2.45) is 13.0 Å². The molecule has 23 heavy (non-hydrogen) atoms. The smallest absolute Gasteiger partial charge is 0.132 e. The lowest BCUT2D eigenvalue weighted by atomic mass is 9.99. The number of hydrogen-bond acceptors (Lipinski definition) is 5. The third kappa shape index (κ3) is 3.22. The van der Waals surface area contributed by atoms with Gasteiger partial charge in [-0.25, -0.2) is 9.97 Å². The molecule has 2 aromatic rings. The minimum absolute atomic E-state index is 0.645. The molecule has 0 spiro atoms. The fourth-order valence-corrected chi connectivity index (χ4v) is 3.29. The van der Waals surface area contributed by atoms with Crippen molar-refractivity contribution in [3.63, 3.8) is 0 Å². The number of anilines is 1. The Morgan fingerprint density at radius 3 is 2.74 bits per heavy atom. The summed E-state index contributed by atoms with van der Waals surface area (Å²) in [6, 6.07) is 4.74. The van der Waals surface area contributed by atoms with Crippen LogP contribution in [0.1, 0.15) is 25.7 Å².